The second-order valence-electron chi connectivity index (χ2n) is 4.32. The summed E-state index contributed by atoms with van der Waals surface area (Å²) in [6.45, 7) is 3.45. The number of aryl methyl sites for hydroxylation is 1. The number of carbonyl (C=O) groups excluding carboxylic acids is 2. The molecule has 6 heteroatoms. The van der Waals surface area contributed by atoms with E-state index in [-0.39, 0.29) is 18.8 Å². The van der Waals surface area contributed by atoms with E-state index in [0.29, 0.717) is 17.1 Å². The van der Waals surface area contributed by atoms with Crippen LogP contribution in [0.25, 0.3) is 10.8 Å². The zero-order valence-corrected chi connectivity index (χ0v) is 11.3. The highest BCUT2D eigenvalue weighted by molar-refractivity contribution is 5.95. The fourth-order valence-electron chi connectivity index (χ4n) is 1.95. The Bertz CT molecular complexity index is 734. The molecule has 0 atom stereocenters. The average molecular weight is 274 g/mol. The Labute approximate surface area is 115 Å². The molecule has 1 aromatic carbocycles. The van der Waals surface area contributed by atoms with Crippen LogP contribution in [0, 0.1) is 6.92 Å². The second-order valence-corrected chi connectivity index (χ2v) is 4.32. The molecule has 1 heterocycles. The van der Waals surface area contributed by atoms with Gasteiger partial charge >= 0.3 is 5.97 Å². The molecule has 6 nitrogen and oxygen atoms in total. The molecule has 0 aliphatic rings. The van der Waals surface area contributed by atoms with Crippen LogP contribution in [0.4, 0.5) is 0 Å². The monoisotopic (exact) mass is 274 g/mol. The maximum Gasteiger partial charge on any atom is 0.327 e. The van der Waals surface area contributed by atoms with Crippen LogP contribution in [-0.2, 0) is 16.1 Å². The Balaban J connectivity index is 2.60. The summed E-state index contributed by atoms with van der Waals surface area (Å²) < 4.78 is 5.74. The van der Waals surface area contributed by atoms with E-state index in [4.69, 9.17) is 4.74 Å². The van der Waals surface area contributed by atoms with Crippen LogP contribution in [0.1, 0.15) is 23.0 Å². The number of rotatable bonds is 4. The molecule has 2 aromatic rings. The Hall–Kier alpha value is -2.50. The quantitative estimate of drug-likeness (QED) is 0.616. The summed E-state index contributed by atoms with van der Waals surface area (Å²) in [7, 11) is 0. The lowest BCUT2D eigenvalue weighted by Gasteiger charge is -2.08. The lowest BCUT2D eigenvalue weighted by Crippen LogP contribution is -2.29. The standard InChI is InChI=1S/C14H14N2O4/c1-3-20-13(18)7-16-14(19)10-5-4-9(2)6-11(10)12(8-17)15-16/h4-6,8H,3,7H2,1-2H3. The first-order valence-electron chi connectivity index (χ1n) is 6.19. The normalized spacial score (nSPS) is 10.5. The summed E-state index contributed by atoms with van der Waals surface area (Å²) in [5.41, 5.74) is 0.635. The molecule has 0 spiro atoms. The van der Waals surface area contributed by atoms with Gasteiger partial charge in [0.1, 0.15) is 12.2 Å². The second kappa shape index (κ2) is 5.64. The number of hydrogen-bond acceptors (Lipinski definition) is 5. The van der Waals surface area contributed by atoms with Gasteiger partial charge in [-0.05, 0) is 26.0 Å². The number of hydrogen-bond donors (Lipinski definition) is 0. The largest absolute Gasteiger partial charge is 0.465 e. The van der Waals surface area contributed by atoms with Gasteiger partial charge in [0, 0.05) is 5.39 Å². The lowest BCUT2D eigenvalue weighted by molar-refractivity contribution is -0.144. The predicted octanol–water partition coefficient (Wildman–Crippen LogP) is 1.08. The third-order valence-electron chi connectivity index (χ3n) is 2.84. The van der Waals surface area contributed by atoms with Crippen molar-refractivity contribution in [1.82, 2.24) is 9.78 Å². The molecule has 0 saturated carbocycles. The molecule has 0 aliphatic heterocycles. The minimum absolute atomic E-state index is 0.132. The Morgan fingerprint density at radius 3 is 2.80 bits per heavy atom. The van der Waals surface area contributed by atoms with Crippen molar-refractivity contribution in [3.8, 4) is 0 Å². The van der Waals surface area contributed by atoms with Crippen molar-refractivity contribution in [2.75, 3.05) is 6.61 Å². The van der Waals surface area contributed by atoms with E-state index in [9.17, 15) is 14.4 Å². The number of benzene rings is 1. The van der Waals surface area contributed by atoms with Gasteiger partial charge in [-0.25, -0.2) is 4.68 Å². The molecule has 1 aromatic heterocycles. The number of carbonyl (C=O) groups is 2. The molecule has 20 heavy (non-hydrogen) atoms. The van der Waals surface area contributed by atoms with Gasteiger partial charge in [0.25, 0.3) is 5.56 Å². The molecule has 0 amide bonds. The van der Waals surface area contributed by atoms with Crippen LogP contribution in [0.3, 0.4) is 0 Å². The molecule has 0 fully saturated rings. The van der Waals surface area contributed by atoms with Crippen LogP contribution in [0.5, 0.6) is 0 Å². The van der Waals surface area contributed by atoms with Crippen LogP contribution < -0.4 is 5.56 Å². The molecule has 0 N–H and O–H groups in total. The molecule has 2 rings (SSSR count). The maximum absolute atomic E-state index is 12.2. The fourth-order valence-corrected chi connectivity index (χ4v) is 1.95. The van der Waals surface area contributed by atoms with E-state index in [0.717, 1.165) is 10.2 Å². The average Bonchev–Trinajstić information content (AvgIpc) is 2.42. The van der Waals surface area contributed by atoms with Gasteiger partial charge < -0.3 is 4.74 Å². The molecule has 0 aliphatic carbocycles. The molecule has 104 valence electrons. The van der Waals surface area contributed by atoms with Crippen molar-refractivity contribution in [1.29, 1.82) is 0 Å². The Kier molecular flexibility index (Phi) is 3.93. The third-order valence-corrected chi connectivity index (χ3v) is 2.84. The highest BCUT2D eigenvalue weighted by Crippen LogP contribution is 2.14. The van der Waals surface area contributed by atoms with Crippen molar-refractivity contribution in [2.45, 2.75) is 20.4 Å². The molecule has 0 bridgehead atoms. The molecular formula is C14H14N2O4. The van der Waals surface area contributed by atoms with Crippen LogP contribution in [0.2, 0.25) is 0 Å². The summed E-state index contributed by atoms with van der Waals surface area (Å²) in [6.07, 6.45) is 0.572. The minimum Gasteiger partial charge on any atom is -0.465 e. The van der Waals surface area contributed by atoms with Crippen molar-refractivity contribution >= 4 is 23.0 Å². The summed E-state index contributed by atoms with van der Waals surface area (Å²) in [6, 6.07) is 5.12. The van der Waals surface area contributed by atoms with Gasteiger partial charge in [0.05, 0.1) is 12.0 Å². The minimum atomic E-state index is -0.564. The van der Waals surface area contributed by atoms with Gasteiger partial charge in [0.2, 0.25) is 0 Å². The van der Waals surface area contributed by atoms with Crippen LogP contribution in [-0.4, -0.2) is 28.6 Å². The topological polar surface area (TPSA) is 78.3 Å². The van der Waals surface area contributed by atoms with E-state index >= 15 is 0 Å². The van der Waals surface area contributed by atoms with E-state index in [2.05, 4.69) is 5.10 Å². The summed E-state index contributed by atoms with van der Waals surface area (Å²) in [5, 5.41) is 4.77. The van der Waals surface area contributed by atoms with Gasteiger partial charge in [-0.3, -0.25) is 14.4 Å². The van der Waals surface area contributed by atoms with Crippen molar-refractivity contribution < 1.29 is 14.3 Å². The summed E-state index contributed by atoms with van der Waals surface area (Å²) in [4.78, 5) is 34.8. The van der Waals surface area contributed by atoms with Crippen LogP contribution in [0.15, 0.2) is 23.0 Å². The van der Waals surface area contributed by atoms with E-state index < -0.39 is 11.5 Å². The number of esters is 1. The molecule has 0 saturated heterocycles. The molecule has 0 unspecified atom stereocenters. The smallest absolute Gasteiger partial charge is 0.327 e. The zero-order valence-electron chi connectivity index (χ0n) is 11.3. The van der Waals surface area contributed by atoms with Crippen molar-refractivity contribution in [3.05, 3.63) is 39.8 Å². The number of aldehydes is 1. The number of ether oxygens (including phenoxy) is 1. The van der Waals surface area contributed by atoms with Crippen molar-refractivity contribution in [2.24, 2.45) is 0 Å². The third kappa shape index (κ3) is 2.59. The Morgan fingerprint density at radius 1 is 1.40 bits per heavy atom. The summed E-state index contributed by atoms with van der Waals surface area (Å²) in [5.74, 6) is -0.564. The van der Waals surface area contributed by atoms with Gasteiger partial charge in [-0.1, -0.05) is 11.6 Å². The van der Waals surface area contributed by atoms with E-state index in [1.807, 2.05) is 6.92 Å². The van der Waals surface area contributed by atoms with Gasteiger partial charge in [-0.2, -0.15) is 5.10 Å². The lowest BCUT2D eigenvalue weighted by atomic mass is 10.1. The fraction of sp³-hybridized carbons (Fsp3) is 0.286. The predicted molar refractivity (Wildman–Crippen MR) is 72.8 cm³/mol. The van der Waals surface area contributed by atoms with E-state index in [1.165, 1.54) is 0 Å². The highest BCUT2D eigenvalue weighted by atomic mass is 16.5. The van der Waals surface area contributed by atoms with E-state index in [1.54, 1.807) is 25.1 Å². The maximum atomic E-state index is 12.2. The van der Waals surface area contributed by atoms with Crippen LogP contribution >= 0.6 is 0 Å². The summed E-state index contributed by atoms with van der Waals surface area (Å²) >= 11 is 0. The van der Waals surface area contributed by atoms with Crippen molar-refractivity contribution in [3.63, 3.8) is 0 Å². The highest BCUT2D eigenvalue weighted by Gasteiger charge is 2.13. The zero-order chi connectivity index (χ0) is 14.7. The number of aromatic nitrogens is 2. The SMILES string of the molecule is CCOC(=O)Cn1nc(C=O)c2cc(C)ccc2c1=O. The first-order valence-corrected chi connectivity index (χ1v) is 6.19. The van der Waals surface area contributed by atoms with Gasteiger partial charge in [-0.15, -0.1) is 0 Å². The number of nitrogens with zero attached hydrogens (tertiary/aromatic N) is 2. The first kappa shape index (κ1) is 13.9. The molecular weight excluding hydrogens is 260 g/mol. The van der Waals surface area contributed by atoms with Gasteiger partial charge in [0.15, 0.2) is 6.29 Å². The molecule has 0 radical (unpaired) electrons. The first-order chi connectivity index (χ1) is 9.56. The Morgan fingerprint density at radius 2 is 2.15 bits per heavy atom. The number of fused-ring (bicyclic) bond motifs is 1.